The lowest BCUT2D eigenvalue weighted by Gasteiger charge is -2.50. The Kier molecular flexibility index (Phi) is 6.98. The number of carbonyl (C=O) groups excluding carboxylic acids is 2. The molecule has 0 spiro atoms. The number of rotatable bonds is 5. The summed E-state index contributed by atoms with van der Waals surface area (Å²) in [6.45, 7) is 10.2. The number of fused-ring (bicyclic) bond motifs is 2. The van der Waals surface area contributed by atoms with Gasteiger partial charge >= 0.3 is 11.9 Å². The maximum Gasteiger partial charge on any atom is 0.384 e. The van der Waals surface area contributed by atoms with Gasteiger partial charge in [-0.3, -0.25) is 10.1 Å². The maximum absolute atomic E-state index is 14.7. The number of amides is 1. The van der Waals surface area contributed by atoms with Crippen molar-refractivity contribution in [1.29, 1.82) is 0 Å². The van der Waals surface area contributed by atoms with E-state index >= 15 is 0 Å². The average Bonchev–Trinajstić information content (AvgIpc) is 3.30. The topological polar surface area (TPSA) is 83.5 Å². The molecular weight excluding hydrogens is 508 g/mol. The van der Waals surface area contributed by atoms with Crippen LogP contribution < -0.4 is 9.80 Å². The number of hydrogen-bond acceptors (Lipinski definition) is 5. The second kappa shape index (κ2) is 9.88. The van der Waals surface area contributed by atoms with Gasteiger partial charge in [0.15, 0.2) is 0 Å². The third-order valence-corrected chi connectivity index (χ3v) is 9.50. The summed E-state index contributed by atoms with van der Waals surface area (Å²) in [6, 6.07) is 20.5. The van der Waals surface area contributed by atoms with Gasteiger partial charge in [0.25, 0.3) is 5.66 Å². The van der Waals surface area contributed by atoms with Gasteiger partial charge in [0, 0.05) is 23.6 Å². The highest BCUT2D eigenvalue weighted by atomic mass is 32.2. The number of nitrogens with one attached hydrogen (secondary N) is 1. The molecule has 39 heavy (non-hydrogen) atoms. The fourth-order valence-corrected chi connectivity index (χ4v) is 8.16. The number of Topliss-reactive ketones (excluding diaryl/α,β-unsaturated/α-hetero) is 1. The summed E-state index contributed by atoms with van der Waals surface area (Å²) in [5.41, 5.74) is 1.52. The lowest BCUT2D eigenvalue weighted by Crippen LogP contribution is -2.81. The number of carbonyl (C=O) groups is 3. The highest BCUT2D eigenvalue weighted by Gasteiger charge is 2.71. The van der Waals surface area contributed by atoms with Crippen LogP contribution in [0.3, 0.4) is 0 Å². The van der Waals surface area contributed by atoms with Crippen molar-refractivity contribution in [3.8, 4) is 0 Å². The molecule has 5 rings (SSSR count). The second-order valence-corrected chi connectivity index (χ2v) is 13.3. The largest absolute Gasteiger partial charge is 0.475 e. The Morgan fingerprint density at radius 2 is 1.79 bits per heavy atom. The number of hydrogen-bond donors (Lipinski definition) is 2. The highest BCUT2D eigenvalue weighted by molar-refractivity contribution is 8.00. The summed E-state index contributed by atoms with van der Waals surface area (Å²) in [5.74, 6) is -2.27. The molecule has 204 valence electrons. The van der Waals surface area contributed by atoms with Gasteiger partial charge in [-0.25, -0.2) is 9.59 Å². The first-order valence-corrected chi connectivity index (χ1v) is 14.6. The molecule has 2 N–H and O–H groups in total. The number of benzene rings is 3. The van der Waals surface area contributed by atoms with E-state index in [-0.39, 0.29) is 29.2 Å². The fourth-order valence-electron chi connectivity index (χ4n) is 6.88. The SMILES string of the molecule is CC(=O)[C@H]1CCN[C@]1(C(=O)O)[N@+]1(CC(C)(C)C)C(=O)CSC(c2cccc3ccccc23)c2cc(C)ccc21. The van der Waals surface area contributed by atoms with Gasteiger partial charge in [0.2, 0.25) is 0 Å². The van der Waals surface area contributed by atoms with Crippen LogP contribution in [0.15, 0.2) is 60.7 Å². The Hall–Kier alpha value is -3.00. The zero-order valence-corrected chi connectivity index (χ0v) is 24.1. The van der Waals surface area contributed by atoms with Crippen molar-refractivity contribution in [3.05, 3.63) is 77.4 Å². The van der Waals surface area contributed by atoms with E-state index < -0.39 is 27.4 Å². The lowest BCUT2D eigenvalue weighted by atomic mass is 9.81. The van der Waals surface area contributed by atoms with Gasteiger partial charge in [-0.15, -0.1) is 11.8 Å². The molecular formula is C32H37N2O4S+. The molecule has 1 saturated heterocycles. The van der Waals surface area contributed by atoms with E-state index in [0.717, 1.165) is 27.5 Å². The van der Waals surface area contributed by atoms with Crippen molar-refractivity contribution >= 4 is 45.9 Å². The summed E-state index contributed by atoms with van der Waals surface area (Å²) in [4.78, 5) is 41.3. The molecule has 1 amide bonds. The molecule has 2 heterocycles. The van der Waals surface area contributed by atoms with E-state index in [9.17, 15) is 19.5 Å². The Bertz CT molecular complexity index is 1470. The smallest absolute Gasteiger partial charge is 0.384 e. The zero-order chi connectivity index (χ0) is 28.2. The Labute approximate surface area is 234 Å². The zero-order valence-electron chi connectivity index (χ0n) is 23.3. The third-order valence-electron chi connectivity index (χ3n) is 8.24. The normalized spacial score (nSPS) is 27.3. The van der Waals surface area contributed by atoms with E-state index in [0.29, 0.717) is 18.7 Å². The first kappa shape index (κ1) is 27.6. The van der Waals surface area contributed by atoms with Gasteiger partial charge < -0.3 is 5.11 Å². The van der Waals surface area contributed by atoms with Crippen LogP contribution in [-0.4, -0.2) is 47.3 Å². The van der Waals surface area contributed by atoms with Crippen LogP contribution in [0.4, 0.5) is 5.69 Å². The summed E-state index contributed by atoms with van der Waals surface area (Å²) in [5, 5.41) is 16.3. The number of carboxylic acids is 1. The molecule has 7 heteroatoms. The van der Waals surface area contributed by atoms with Crippen LogP contribution in [0.5, 0.6) is 0 Å². The fraction of sp³-hybridized carbons (Fsp3) is 0.406. The predicted octanol–water partition coefficient (Wildman–Crippen LogP) is 5.84. The molecule has 4 atom stereocenters. The maximum atomic E-state index is 14.7. The van der Waals surface area contributed by atoms with Crippen LogP contribution in [0.1, 0.15) is 56.1 Å². The first-order chi connectivity index (χ1) is 18.4. The van der Waals surface area contributed by atoms with Crippen LogP contribution in [0, 0.1) is 18.3 Å². The van der Waals surface area contributed by atoms with Gasteiger partial charge in [-0.05, 0) is 42.7 Å². The van der Waals surface area contributed by atoms with Gasteiger partial charge in [-0.2, -0.15) is 4.48 Å². The number of ketones is 1. The Morgan fingerprint density at radius 1 is 1.08 bits per heavy atom. The van der Waals surface area contributed by atoms with Gasteiger partial charge in [0.1, 0.15) is 23.1 Å². The van der Waals surface area contributed by atoms with Crippen LogP contribution in [-0.2, 0) is 14.4 Å². The lowest BCUT2D eigenvalue weighted by molar-refractivity contribution is -0.166. The second-order valence-electron chi connectivity index (χ2n) is 12.2. The van der Waals surface area contributed by atoms with Crippen molar-refractivity contribution in [3.63, 3.8) is 0 Å². The molecule has 0 radical (unpaired) electrons. The molecule has 0 saturated carbocycles. The molecule has 0 aliphatic carbocycles. The predicted molar refractivity (Wildman–Crippen MR) is 158 cm³/mol. The highest BCUT2D eigenvalue weighted by Crippen LogP contribution is 2.53. The van der Waals surface area contributed by atoms with E-state index in [4.69, 9.17) is 0 Å². The molecule has 2 aliphatic rings. The number of aryl methyl sites for hydroxylation is 1. The molecule has 0 aromatic heterocycles. The quantitative estimate of drug-likeness (QED) is 0.392. The van der Waals surface area contributed by atoms with Crippen molar-refractivity contribution in [2.45, 2.75) is 52.0 Å². The molecule has 0 bridgehead atoms. The van der Waals surface area contributed by atoms with Crippen molar-refractivity contribution in [2.24, 2.45) is 11.3 Å². The number of carboxylic acid groups (broad SMARTS) is 1. The van der Waals surface area contributed by atoms with Crippen molar-refractivity contribution in [2.75, 3.05) is 18.8 Å². The number of thioether (sulfide) groups is 1. The number of nitrogens with zero attached hydrogens (tertiary/aromatic N) is 1. The molecule has 3 aromatic rings. The summed E-state index contributed by atoms with van der Waals surface area (Å²) >= 11 is 1.55. The van der Waals surface area contributed by atoms with Crippen molar-refractivity contribution < 1.29 is 19.5 Å². The van der Waals surface area contributed by atoms with Gasteiger partial charge in [0.05, 0.1) is 11.8 Å². The summed E-state index contributed by atoms with van der Waals surface area (Å²) in [6.07, 6.45) is 0.375. The molecule has 6 nitrogen and oxygen atoms in total. The summed E-state index contributed by atoms with van der Waals surface area (Å²) < 4.78 is -0.431. The van der Waals surface area contributed by atoms with Gasteiger partial charge in [-0.1, -0.05) is 74.9 Å². The Balaban J connectivity index is 1.88. The standard InChI is InChI=1S/C32H36N2O4S/c1-20-13-14-27-25(17-20)29(24-12-8-10-22-9-6-7-11-23(22)24)39-18-28(36)34(27,19-31(3,4)5)32(30(37)38)26(21(2)35)15-16-33-32/h6-14,17,26,29,33H,15-16,18-19H2,1-5H3/p+1/t26-,29?,32+,34+/m1/s1. The van der Waals surface area contributed by atoms with Crippen LogP contribution in [0.2, 0.25) is 0 Å². The van der Waals surface area contributed by atoms with E-state index in [1.807, 2.05) is 58.0 Å². The minimum Gasteiger partial charge on any atom is -0.475 e. The third kappa shape index (κ3) is 4.31. The van der Waals surface area contributed by atoms with E-state index in [1.54, 1.807) is 11.8 Å². The molecule has 3 aromatic carbocycles. The molecule has 1 fully saturated rings. The monoisotopic (exact) mass is 545 g/mol. The minimum absolute atomic E-state index is 0.124. The molecule has 1 unspecified atom stereocenters. The number of quaternary nitrogens is 1. The summed E-state index contributed by atoms with van der Waals surface area (Å²) in [7, 11) is 0. The first-order valence-electron chi connectivity index (χ1n) is 13.5. The number of aliphatic carboxylic acids is 1. The van der Waals surface area contributed by atoms with Crippen LogP contribution >= 0.6 is 11.8 Å². The van der Waals surface area contributed by atoms with Crippen LogP contribution in [0.25, 0.3) is 10.8 Å². The van der Waals surface area contributed by atoms with E-state index in [2.05, 4.69) is 35.6 Å². The molecule has 2 aliphatic heterocycles. The Morgan fingerprint density at radius 3 is 2.49 bits per heavy atom. The van der Waals surface area contributed by atoms with Crippen molar-refractivity contribution in [1.82, 2.24) is 9.80 Å². The van der Waals surface area contributed by atoms with E-state index in [1.165, 1.54) is 6.92 Å². The minimum atomic E-state index is -1.80. The average molecular weight is 546 g/mol.